The Bertz CT molecular complexity index is 361. The van der Waals surface area contributed by atoms with Crippen LogP contribution >= 0.6 is 23.8 Å². The number of carboxylic acids is 1. The maximum absolute atomic E-state index is 10.6. The average molecular weight is 217 g/mol. The van der Waals surface area contributed by atoms with Crippen LogP contribution in [0.25, 0.3) is 0 Å². The van der Waals surface area contributed by atoms with Crippen molar-refractivity contribution in [2.75, 3.05) is 0 Å². The van der Waals surface area contributed by atoms with Crippen LogP contribution in [0.2, 0.25) is 0 Å². The molecule has 1 rings (SSSR count). The van der Waals surface area contributed by atoms with Crippen molar-refractivity contribution >= 4 is 34.7 Å². The van der Waals surface area contributed by atoms with Gasteiger partial charge in [0.2, 0.25) is 5.88 Å². The molecule has 0 aliphatic carbocycles. The van der Waals surface area contributed by atoms with Crippen molar-refractivity contribution in [3.63, 3.8) is 0 Å². The predicted octanol–water partition coefficient (Wildman–Crippen LogP) is 0.700. The quantitative estimate of drug-likeness (QED) is 0.727. The van der Waals surface area contributed by atoms with Crippen molar-refractivity contribution in [3.8, 4) is 5.88 Å². The molecule has 1 heterocycles. The molecule has 0 aliphatic heterocycles. The van der Waals surface area contributed by atoms with Gasteiger partial charge in [-0.1, -0.05) is 12.2 Å². The molecule has 0 bridgehead atoms. The van der Waals surface area contributed by atoms with E-state index in [0.29, 0.717) is 4.88 Å². The zero-order valence-electron chi connectivity index (χ0n) is 6.27. The van der Waals surface area contributed by atoms with Gasteiger partial charge >= 0.3 is 5.97 Å². The number of aromatic carboxylic acids is 1. The lowest BCUT2D eigenvalue weighted by Gasteiger charge is -1.95. The van der Waals surface area contributed by atoms with E-state index in [-0.39, 0.29) is 17.0 Å². The summed E-state index contributed by atoms with van der Waals surface area (Å²) in [7, 11) is 0. The van der Waals surface area contributed by atoms with Gasteiger partial charge in [0.15, 0.2) is 0 Å². The van der Waals surface area contributed by atoms with Crippen molar-refractivity contribution in [1.29, 1.82) is 0 Å². The largest absolute Gasteiger partial charge is 0.492 e. The fourth-order valence-electron chi connectivity index (χ4n) is 0.796. The molecule has 1 aromatic heterocycles. The summed E-state index contributed by atoms with van der Waals surface area (Å²) >= 11 is 5.35. The van der Waals surface area contributed by atoms with Gasteiger partial charge in [0.1, 0.15) is 5.56 Å². The molecule has 7 heteroatoms. The molecule has 1 aromatic rings. The third-order valence-electron chi connectivity index (χ3n) is 1.28. The van der Waals surface area contributed by atoms with E-state index in [1.54, 1.807) is 0 Å². The molecule has 0 saturated carbocycles. The van der Waals surface area contributed by atoms with Gasteiger partial charge in [0, 0.05) is 6.42 Å². The fourth-order valence-corrected chi connectivity index (χ4v) is 1.80. The maximum atomic E-state index is 10.6. The second-order valence-corrected chi connectivity index (χ2v) is 3.56. The van der Waals surface area contributed by atoms with Crippen LogP contribution in [0.5, 0.6) is 5.88 Å². The Morgan fingerprint density at radius 3 is 2.77 bits per heavy atom. The van der Waals surface area contributed by atoms with Crippen LogP contribution in [0, 0.1) is 0 Å². The van der Waals surface area contributed by atoms with Gasteiger partial charge in [0.25, 0.3) is 0 Å². The summed E-state index contributed by atoms with van der Waals surface area (Å²) in [4.78, 5) is 10.8. The van der Waals surface area contributed by atoms with Crippen LogP contribution in [-0.2, 0) is 6.42 Å². The van der Waals surface area contributed by atoms with E-state index in [4.69, 9.17) is 15.9 Å². The molecule has 5 nitrogen and oxygen atoms in total. The minimum absolute atomic E-state index is 0.0369. The van der Waals surface area contributed by atoms with Crippen molar-refractivity contribution in [3.05, 3.63) is 10.4 Å². The number of thiocarbonyl (C=S) groups is 1. The number of nitrogens with one attached hydrogen (secondary N) is 1. The normalized spacial score (nSPS) is 9.85. The van der Waals surface area contributed by atoms with Gasteiger partial charge in [0.05, 0.1) is 9.87 Å². The zero-order valence-corrected chi connectivity index (χ0v) is 7.91. The summed E-state index contributed by atoms with van der Waals surface area (Å²) in [6.45, 7) is 0. The molecule has 0 fully saturated rings. The highest BCUT2D eigenvalue weighted by Crippen LogP contribution is 2.24. The highest BCUT2D eigenvalue weighted by Gasteiger charge is 2.19. The molecule has 1 radical (unpaired) electrons. The zero-order chi connectivity index (χ0) is 10.0. The standard InChI is InChI=1S/C6H5N2O3S2/c7-3(12)1-2-4(6(10)11)5(9)8-13-2/h7H,1H2,(H,8,9)(H,10,11). The van der Waals surface area contributed by atoms with Gasteiger partial charge in [-0.15, -0.1) is 0 Å². The first-order valence-electron chi connectivity index (χ1n) is 3.17. The van der Waals surface area contributed by atoms with Crippen molar-refractivity contribution in [1.82, 2.24) is 10.1 Å². The molecular weight excluding hydrogens is 212 g/mol. The lowest BCUT2D eigenvalue weighted by atomic mass is 10.2. The summed E-state index contributed by atoms with van der Waals surface area (Å²) in [5, 5.41) is 17.7. The second kappa shape index (κ2) is 3.67. The molecule has 13 heavy (non-hydrogen) atoms. The highest BCUT2D eigenvalue weighted by molar-refractivity contribution is 7.80. The van der Waals surface area contributed by atoms with Gasteiger partial charge in [-0.05, 0) is 11.5 Å². The Morgan fingerprint density at radius 2 is 2.31 bits per heavy atom. The lowest BCUT2D eigenvalue weighted by molar-refractivity contribution is 0.0693. The smallest absolute Gasteiger partial charge is 0.342 e. The highest BCUT2D eigenvalue weighted by atomic mass is 32.1. The van der Waals surface area contributed by atoms with E-state index in [1.165, 1.54) is 0 Å². The summed E-state index contributed by atoms with van der Waals surface area (Å²) in [6.07, 6.45) is 0.0369. The summed E-state index contributed by atoms with van der Waals surface area (Å²) < 4.78 is 3.46. The van der Waals surface area contributed by atoms with Gasteiger partial charge < -0.3 is 10.2 Å². The monoisotopic (exact) mass is 217 g/mol. The summed E-state index contributed by atoms with van der Waals surface area (Å²) in [6, 6.07) is 0. The Kier molecular flexibility index (Phi) is 2.79. The van der Waals surface area contributed by atoms with Crippen molar-refractivity contribution < 1.29 is 15.0 Å². The van der Waals surface area contributed by atoms with Gasteiger partial charge in [-0.25, -0.2) is 4.79 Å². The van der Waals surface area contributed by atoms with E-state index in [9.17, 15) is 4.79 Å². The lowest BCUT2D eigenvalue weighted by Crippen LogP contribution is -2.04. The third kappa shape index (κ3) is 2.13. The first kappa shape index (κ1) is 9.87. The average Bonchev–Trinajstić information content (AvgIpc) is 2.30. The number of carboxylic acid groups (broad SMARTS) is 1. The van der Waals surface area contributed by atoms with Crippen LogP contribution in [0.15, 0.2) is 0 Å². The molecule has 0 aromatic carbocycles. The van der Waals surface area contributed by atoms with E-state index in [0.717, 1.165) is 11.5 Å². The molecule has 0 unspecified atom stereocenters. The number of aromatic nitrogens is 1. The molecule has 0 spiro atoms. The van der Waals surface area contributed by atoms with Crippen LogP contribution in [0.4, 0.5) is 0 Å². The molecule has 0 aliphatic rings. The molecule has 0 atom stereocenters. The van der Waals surface area contributed by atoms with Crippen LogP contribution < -0.4 is 5.73 Å². The number of aromatic hydroxyl groups is 1. The molecule has 3 N–H and O–H groups in total. The summed E-state index contributed by atoms with van der Waals surface area (Å²) in [5.41, 5.74) is 6.75. The minimum atomic E-state index is -1.25. The minimum Gasteiger partial charge on any atom is -0.492 e. The molecule has 69 valence electrons. The predicted molar refractivity (Wildman–Crippen MR) is 50.1 cm³/mol. The second-order valence-electron chi connectivity index (χ2n) is 2.21. The molecule has 0 amide bonds. The topological polar surface area (TPSA) is 94.2 Å². The SMILES string of the molecule is [NH]C(=S)Cc1snc(O)c1C(=O)O. The number of hydrogen-bond acceptors (Lipinski definition) is 5. The maximum Gasteiger partial charge on any atom is 0.342 e. The fraction of sp³-hybridized carbons (Fsp3) is 0.167. The van der Waals surface area contributed by atoms with E-state index >= 15 is 0 Å². The Morgan fingerprint density at radius 1 is 1.69 bits per heavy atom. The third-order valence-corrected chi connectivity index (χ3v) is 2.26. The number of carbonyl (C=O) groups is 1. The first-order chi connectivity index (χ1) is 6.02. The van der Waals surface area contributed by atoms with Crippen LogP contribution in [-0.4, -0.2) is 25.5 Å². The number of rotatable bonds is 3. The molecular formula is C6H5N2O3S2. The summed E-state index contributed by atoms with van der Waals surface area (Å²) in [5.74, 6) is -1.76. The van der Waals surface area contributed by atoms with E-state index in [2.05, 4.69) is 16.6 Å². The Hall–Kier alpha value is -1.21. The van der Waals surface area contributed by atoms with E-state index < -0.39 is 11.8 Å². The molecule has 0 saturated heterocycles. The van der Waals surface area contributed by atoms with Gasteiger partial charge in [-0.3, -0.25) is 5.73 Å². The van der Waals surface area contributed by atoms with E-state index in [1.807, 2.05) is 0 Å². The number of hydrogen-bond donors (Lipinski definition) is 2. The Labute approximate surface area is 83.0 Å². The van der Waals surface area contributed by atoms with Crippen LogP contribution in [0.1, 0.15) is 15.2 Å². The van der Waals surface area contributed by atoms with Gasteiger partial charge in [-0.2, -0.15) is 4.37 Å². The number of nitrogens with zero attached hydrogens (tertiary/aromatic N) is 1. The first-order valence-corrected chi connectivity index (χ1v) is 4.35. The Balaban J connectivity index is 3.07. The van der Waals surface area contributed by atoms with Crippen LogP contribution in [0.3, 0.4) is 0 Å². The van der Waals surface area contributed by atoms with Crippen molar-refractivity contribution in [2.24, 2.45) is 0 Å². The van der Waals surface area contributed by atoms with Crippen molar-refractivity contribution in [2.45, 2.75) is 6.42 Å².